The first kappa shape index (κ1) is 11.8. The van der Waals surface area contributed by atoms with Gasteiger partial charge in [-0.15, -0.1) is 0 Å². The number of phenols is 1. The zero-order valence-corrected chi connectivity index (χ0v) is 10.4. The van der Waals surface area contributed by atoms with Gasteiger partial charge in [0.25, 0.3) is 0 Å². The maximum atomic E-state index is 12.2. The van der Waals surface area contributed by atoms with Crippen LogP contribution < -0.4 is 10.6 Å². The van der Waals surface area contributed by atoms with Gasteiger partial charge in [0, 0.05) is 22.0 Å². The highest BCUT2D eigenvalue weighted by atomic mass is 19.3. The van der Waals surface area contributed by atoms with E-state index in [2.05, 4.69) is 4.94 Å². The van der Waals surface area contributed by atoms with Crippen LogP contribution in [0.4, 0.5) is 4.53 Å². The van der Waals surface area contributed by atoms with Gasteiger partial charge < -0.3 is 13.9 Å². The Morgan fingerprint density at radius 1 is 1.00 bits per heavy atom. The summed E-state index contributed by atoms with van der Waals surface area (Å²) in [6.45, 7) is 0. The van der Waals surface area contributed by atoms with Gasteiger partial charge in [-0.05, 0) is 24.3 Å². The molecule has 0 aliphatic rings. The molecule has 2 aromatic heterocycles. The van der Waals surface area contributed by atoms with Crippen LogP contribution in [0.1, 0.15) is 0 Å². The molecule has 104 valence electrons. The van der Waals surface area contributed by atoms with Gasteiger partial charge in [-0.2, -0.15) is 0 Å². The number of halogens is 1. The van der Waals surface area contributed by atoms with Crippen LogP contribution in [0.3, 0.4) is 0 Å². The Morgan fingerprint density at radius 3 is 2.57 bits per heavy atom. The maximum Gasteiger partial charge on any atom is 0.348 e. The van der Waals surface area contributed by atoms with Crippen molar-refractivity contribution in [2.75, 3.05) is 0 Å². The van der Waals surface area contributed by atoms with Crippen LogP contribution in [0.2, 0.25) is 0 Å². The molecule has 5 nitrogen and oxygen atoms in total. The number of phenolic OH excluding ortho intramolecular Hbond substituents is 1. The van der Waals surface area contributed by atoms with Gasteiger partial charge in [0.15, 0.2) is 11.3 Å². The summed E-state index contributed by atoms with van der Waals surface area (Å²) in [5.41, 5.74) is 0.268. The van der Waals surface area contributed by atoms with Crippen LogP contribution in [0.15, 0.2) is 50.0 Å². The van der Waals surface area contributed by atoms with E-state index in [-0.39, 0.29) is 22.5 Å². The Bertz CT molecular complexity index is 1060. The number of rotatable bonds is 1. The molecule has 0 aliphatic heterocycles. The summed E-state index contributed by atoms with van der Waals surface area (Å²) in [5.74, 6) is -0.0397. The van der Waals surface area contributed by atoms with E-state index in [1.807, 2.05) is 0 Å². The molecular weight excluding hydrogens is 279 g/mol. The molecule has 0 radical (unpaired) electrons. The minimum Gasteiger partial charge on any atom is -0.508 e. The van der Waals surface area contributed by atoms with Crippen molar-refractivity contribution in [3.05, 3.63) is 46.8 Å². The van der Waals surface area contributed by atoms with E-state index in [0.717, 1.165) is 0 Å². The lowest BCUT2D eigenvalue weighted by molar-refractivity contribution is -0.00610. The fourth-order valence-corrected chi connectivity index (χ4v) is 2.45. The number of fused-ring (bicyclic) bond motifs is 5. The summed E-state index contributed by atoms with van der Waals surface area (Å²) in [7, 11) is 0. The Balaban J connectivity index is 2.25. The lowest BCUT2D eigenvalue weighted by Gasteiger charge is -1.97. The van der Waals surface area contributed by atoms with E-state index in [0.29, 0.717) is 21.9 Å². The third kappa shape index (κ3) is 1.59. The van der Waals surface area contributed by atoms with Crippen LogP contribution in [0.25, 0.3) is 32.9 Å². The van der Waals surface area contributed by atoms with Crippen molar-refractivity contribution in [3.63, 3.8) is 0 Å². The summed E-state index contributed by atoms with van der Waals surface area (Å²) >= 11 is 0. The third-order valence-corrected chi connectivity index (χ3v) is 3.37. The van der Waals surface area contributed by atoms with E-state index < -0.39 is 5.63 Å². The summed E-state index contributed by atoms with van der Waals surface area (Å²) in [6, 6.07) is 8.65. The first-order valence-electron chi connectivity index (χ1n) is 6.08. The van der Waals surface area contributed by atoms with Gasteiger partial charge in [-0.1, -0.05) is 0 Å². The molecule has 2 aromatic carbocycles. The summed E-state index contributed by atoms with van der Waals surface area (Å²) in [6.07, 6.45) is 0. The molecule has 1 N–H and O–H groups in total. The zero-order chi connectivity index (χ0) is 14.6. The standard InChI is InChI=1S/C15H7FO5/c16-21-8-2-4-9-12(6-8)19-14-10-3-1-7(17)5-11(10)20-15(18)13(9)14/h1-6,17H. The first-order chi connectivity index (χ1) is 10.2. The van der Waals surface area contributed by atoms with Crippen LogP contribution in [-0.4, -0.2) is 5.11 Å². The zero-order valence-electron chi connectivity index (χ0n) is 10.4. The second kappa shape index (κ2) is 3.99. The molecule has 4 rings (SSSR count). The number of benzene rings is 2. The summed E-state index contributed by atoms with van der Waals surface area (Å²) in [4.78, 5) is 15.8. The maximum absolute atomic E-state index is 12.2. The number of aromatic hydroxyl groups is 1. The van der Waals surface area contributed by atoms with E-state index in [1.165, 1.54) is 30.3 Å². The topological polar surface area (TPSA) is 72.8 Å². The first-order valence-corrected chi connectivity index (χ1v) is 6.08. The summed E-state index contributed by atoms with van der Waals surface area (Å²) in [5, 5.41) is 10.8. The van der Waals surface area contributed by atoms with Crippen molar-refractivity contribution in [2.45, 2.75) is 0 Å². The van der Waals surface area contributed by atoms with E-state index in [1.54, 1.807) is 6.07 Å². The highest BCUT2D eigenvalue weighted by Crippen LogP contribution is 2.34. The van der Waals surface area contributed by atoms with Gasteiger partial charge in [-0.3, -0.25) is 4.94 Å². The Morgan fingerprint density at radius 2 is 1.76 bits per heavy atom. The normalized spacial score (nSPS) is 11.5. The van der Waals surface area contributed by atoms with Gasteiger partial charge in [-0.25, -0.2) is 4.79 Å². The van der Waals surface area contributed by atoms with Crippen LogP contribution in [0.5, 0.6) is 11.5 Å². The van der Waals surface area contributed by atoms with E-state index >= 15 is 0 Å². The molecule has 0 saturated carbocycles. The molecule has 0 atom stereocenters. The lowest BCUT2D eigenvalue weighted by atomic mass is 10.1. The Hall–Kier alpha value is -3.02. The largest absolute Gasteiger partial charge is 0.508 e. The van der Waals surface area contributed by atoms with Gasteiger partial charge >= 0.3 is 5.63 Å². The molecule has 0 amide bonds. The molecule has 0 unspecified atom stereocenters. The van der Waals surface area contributed by atoms with E-state index in [4.69, 9.17) is 8.83 Å². The number of hydrogen-bond acceptors (Lipinski definition) is 5. The molecule has 0 aliphatic carbocycles. The second-order valence-corrected chi connectivity index (χ2v) is 4.61. The average molecular weight is 286 g/mol. The average Bonchev–Trinajstić information content (AvgIpc) is 2.85. The minimum absolute atomic E-state index is 0.0192. The number of furan rings is 1. The minimum atomic E-state index is -0.587. The van der Waals surface area contributed by atoms with Crippen LogP contribution >= 0.6 is 0 Å². The molecule has 0 spiro atoms. The van der Waals surface area contributed by atoms with Gasteiger partial charge in [0.1, 0.15) is 22.3 Å². The van der Waals surface area contributed by atoms with Crippen molar-refractivity contribution >= 4 is 32.9 Å². The molecule has 0 bridgehead atoms. The Labute approximate surface area is 115 Å². The van der Waals surface area contributed by atoms with E-state index in [9.17, 15) is 14.4 Å². The second-order valence-electron chi connectivity index (χ2n) is 4.61. The fourth-order valence-electron chi connectivity index (χ4n) is 2.45. The molecule has 21 heavy (non-hydrogen) atoms. The number of hydrogen-bond donors (Lipinski definition) is 1. The van der Waals surface area contributed by atoms with Crippen molar-refractivity contribution < 1.29 is 23.4 Å². The molecule has 2 heterocycles. The molecule has 0 saturated heterocycles. The van der Waals surface area contributed by atoms with Crippen LogP contribution in [0, 0.1) is 0 Å². The highest BCUT2D eigenvalue weighted by Gasteiger charge is 2.16. The smallest absolute Gasteiger partial charge is 0.348 e. The van der Waals surface area contributed by atoms with Crippen molar-refractivity contribution in [1.82, 2.24) is 0 Å². The Kier molecular flexibility index (Phi) is 2.24. The molecular formula is C15H7FO5. The van der Waals surface area contributed by atoms with Crippen molar-refractivity contribution in [1.29, 1.82) is 0 Å². The van der Waals surface area contributed by atoms with Crippen molar-refractivity contribution in [2.24, 2.45) is 0 Å². The molecule has 0 fully saturated rings. The molecule has 4 aromatic rings. The third-order valence-electron chi connectivity index (χ3n) is 3.37. The van der Waals surface area contributed by atoms with Crippen LogP contribution in [-0.2, 0) is 0 Å². The predicted molar refractivity (Wildman–Crippen MR) is 73.2 cm³/mol. The quantitative estimate of drug-likeness (QED) is 0.540. The lowest BCUT2D eigenvalue weighted by Crippen LogP contribution is -1.97. The molecule has 6 heteroatoms. The van der Waals surface area contributed by atoms with Gasteiger partial charge in [0.2, 0.25) is 0 Å². The SMILES string of the molecule is O=c1oc2cc(O)ccc2c2oc3cc(OF)ccc3c12. The summed E-state index contributed by atoms with van der Waals surface area (Å²) < 4.78 is 23.1. The fraction of sp³-hybridized carbons (Fsp3) is 0. The van der Waals surface area contributed by atoms with Crippen molar-refractivity contribution in [3.8, 4) is 11.5 Å². The predicted octanol–water partition coefficient (Wildman–Crippen LogP) is 3.66. The monoisotopic (exact) mass is 286 g/mol. The highest BCUT2D eigenvalue weighted by molar-refractivity contribution is 6.13. The van der Waals surface area contributed by atoms with Gasteiger partial charge in [0.05, 0.1) is 5.39 Å².